The minimum absolute atomic E-state index is 0.0887. The third-order valence-electron chi connectivity index (χ3n) is 3.86. The van der Waals surface area contributed by atoms with Crippen molar-refractivity contribution in [3.05, 3.63) is 41.6 Å². The monoisotopic (exact) mass is 328 g/mol. The SMILES string of the molecule is Cc1cc(N)nc(S[C@@H](C)C(=O)N2CCCc3ccccc32)n1. The molecule has 3 rings (SSSR count). The third kappa shape index (κ3) is 3.47. The minimum atomic E-state index is -0.262. The zero-order chi connectivity index (χ0) is 16.4. The molecule has 2 heterocycles. The summed E-state index contributed by atoms with van der Waals surface area (Å²) in [6.07, 6.45) is 2.02. The van der Waals surface area contributed by atoms with Crippen molar-refractivity contribution >= 4 is 29.2 Å². The maximum atomic E-state index is 12.9. The molecule has 0 unspecified atom stereocenters. The van der Waals surface area contributed by atoms with Gasteiger partial charge in [-0.3, -0.25) is 4.79 Å². The molecule has 1 aromatic heterocycles. The molecular formula is C17H20N4OS. The van der Waals surface area contributed by atoms with Crippen LogP contribution in [0, 0.1) is 6.92 Å². The van der Waals surface area contributed by atoms with E-state index in [4.69, 9.17) is 5.73 Å². The number of thioether (sulfide) groups is 1. The molecule has 5 nitrogen and oxygen atoms in total. The van der Waals surface area contributed by atoms with E-state index in [2.05, 4.69) is 16.0 Å². The Labute approximate surface area is 140 Å². The number of rotatable bonds is 3. The largest absolute Gasteiger partial charge is 0.384 e. The number of aromatic nitrogens is 2. The van der Waals surface area contributed by atoms with E-state index >= 15 is 0 Å². The number of para-hydroxylation sites is 1. The molecular weight excluding hydrogens is 308 g/mol. The van der Waals surface area contributed by atoms with E-state index in [-0.39, 0.29) is 11.2 Å². The van der Waals surface area contributed by atoms with E-state index < -0.39 is 0 Å². The molecule has 1 aliphatic rings. The number of fused-ring (bicyclic) bond motifs is 1. The zero-order valence-electron chi connectivity index (χ0n) is 13.3. The van der Waals surface area contributed by atoms with Crippen molar-refractivity contribution < 1.29 is 4.79 Å². The molecule has 0 saturated carbocycles. The molecule has 0 bridgehead atoms. The van der Waals surface area contributed by atoms with Gasteiger partial charge in [-0.05, 0) is 38.3 Å². The number of aryl methyl sites for hydroxylation is 2. The van der Waals surface area contributed by atoms with Crippen LogP contribution in [-0.4, -0.2) is 27.7 Å². The van der Waals surface area contributed by atoms with Crippen LogP contribution < -0.4 is 10.6 Å². The highest BCUT2D eigenvalue weighted by atomic mass is 32.2. The van der Waals surface area contributed by atoms with Crippen LogP contribution in [0.3, 0.4) is 0 Å². The number of benzene rings is 1. The number of hydrogen-bond acceptors (Lipinski definition) is 5. The van der Waals surface area contributed by atoms with Gasteiger partial charge in [-0.25, -0.2) is 9.97 Å². The molecule has 1 aromatic carbocycles. The van der Waals surface area contributed by atoms with Gasteiger partial charge in [0.05, 0.1) is 5.25 Å². The molecule has 2 N–H and O–H groups in total. The van der Waals surface area contributed by atoms with Crippen LogP contribution in [0.1, 0.15) is 24.6 Å². The topological polar surface area (TPSA) is 72.1 Å². The van der Waals surface area contributed by atoms with Crippen molar-refractivity contribution in [3.63, 3.8) is 0 Å². The summed E-state index contributed by atoms with van der Waals surface area (Å²) in [6.45, 7) is 4.53. The van der Waals surface area contributed by atoms with E-state index in [9.17, 15) is 4.79 Å². The fraction of sp³-hybridized carbons (Fsp3) is 0.353. The van der Waals surface area contributed by atoms with Gasteiger partial charge >= 0.3 is 0 Å². The maximum Gasteiger partial charge on any atom is 0.240 e. The summed E-state index contributed by atoms with van der Waals surface area (Å²) in [7, 11) is 0. The van der Waals surface area contributed by atoms with Crippen molar-refractivity contribution in [2.24, 2.45) is 0 Å². The Kier molecular flexibility index (Phi) is 4.52. The normalized spacial score (nSPS) is 15.1. The number of carbonyl (C=O) groups is 1. The second kappa shape index (κ2) is 6.58. The van der Waals surface area contributed by atoms with Gasteiger partial charge in [0.1, 0.15) is 5.82 Å². The average molecular weight is 328 g/mol. The lowest BCUT2D eigenvalue weighted by molar-refractivity contribution is -0.117. The molecule has 0 fully saturated rings. The summed E-state index contributed by atoms with van der Waals surface area (Å²) in [5.41, 5.74) is 8.83. The van der Waals surface area contributed by atoms with Gasteiger partial charge in [0, 0.05) is 24.0 Å². The first kappa shape index (κ1) is 15.8. The first-order chi connectivity index (χ1) is 11.0. The second-order valence-corrected chi connectivity index (χ2v) is 7.01. The fourth-order valence-electron chi connectivity index (χ4n) is 2.81. The van der Waals surface area contributed by atoms with Crippen molar-refractivity contribution in [1.82, 2.24) is 9.97 Å². The number of nitrogen functional groups attached to an aromatic ring is 1. The smallest absolute Gasteiger partial charge is 0.240 e. The Morgan fingerprint density at radius 3 is 2.91 bits per heavy atom. The van der Waals surface area contributed by atoms with Gasteiger partial charge in [-0.2, -0.15) is 0 Å². The van der Waals surface area contributed by atoms with Crippen LogP contribution in [0.15, 0.2) is 35.5 Å². The summed E-state index contributed by atoms with van der Waals surface area (Å²) in [5.74, 6) is 0.522. The number of amides is 1. The van der Waals surface area contributed by atoms with Gasteiger partial charge in [0.2, 0.25) is 5.91 Å². The summed E-state index contributed by atoms with van der Waals surface area (Å²) in [6, 6.07) is 9.83. The molecule has 1 atom stereocenters. The molecule has 6 heteroatoms. The number of hydrogen-bond donors (Lipinski definition) is 1. The van der Waals surface area contributed by atoms with E-state index in [0.29, 0.717) is 11.0 Å². The van der Waals surface area contributed by atoms with E-state index in [1.54, 1.807) is 6.07 Å². The second-order valence-electron chi connectivity index (χ2n) is 5.70. The van der Waals surface area contributed by atoms with Crippen LogP contribution in [0.2, 0.25) is 0 Å². The lowest BCUT2D eigenvalue weighted by atomic mass is 10.0. The number of nitrogens with two attached hydrogens (primary N) is 1. The average Bonchev–Trinajstić information content (AvgIpc) is 2.52. The van der Waals surface area contributed by atoms with E-state index in [0.717, 1.165) is 30.8 Å². The van der Waals surface area contributed by atoms with Gasteiger partial charge in [-0.15, -0.1) is 0 Å². The highest BCUT2D eigenvalue weighted by molar-refractivity contribution is 8.00. The van der Waals surface area contributed by atoms with Crippen LogP contribution in [-0.2, 0) is 11.2 Å². The van der Waals surface area contributed by atoms with Crippen molar-refractivity contribution in [1.29, 1.82) is 0 Å². The lowest BCUT2D eigenvalue weighted by Crippen LogP contribution is -2.40. The Morgan fingerprint density at radius 1 is 1.35 bits per heavy atom. The van der Waals surface area contributed by atoms with Crippen molar-refractivity contribution in [2.45, 2.75) is 37.1 Å². The molecule has 23 heavy (non-hydrogen) atoms. The summed E-state index contributed by atoms with van der Waals surface area (Å²) in [5, 5.41) is 0.288. The van der Waals surface area contributed by atoms with Crippen LogP contribution >= 0.6 is 11.8 Å². The molecule has 0 aliphatic carbocycles. The Balaban J connectivity index is 1.78. The first-order valence-electron chi connectivity index (χ1n) is 7.71. The molecule has 0 spiro atoms. The summed E-state index contributed by atoms with van der Waals surface area (Å²) >= 11 is 1.35. The highest BCUT2D eigenvalue weighted by Gasteiger charge is 2.27. The highest BCUT2D eigenvalue weighted by Crippen LogP contribution is 2.30. The summed E-state index contributed by atoms with van der Waals surface area (Å²) in [4.78, 5) is 23.3. The van der Waals surface area contributed by atoms with Crippen LogP contribution in [0.4, 0.5) is 11.5 Å². The standard InChI is InChI=1S/C17H20N4OS/c1-11-10-15(18)20-17(19-11)23-12(2)16(22)21-9-5-7-13-6-3-4-8-14(13)21/h3-4,6,8,10,12H,5,7,9H2,1-2H3,(H2,18,19,20)/t12-/m0/s1. The minimum Gasteiger partial charge on any atom is -0.384 e. The zero-order valence-corrected chi connectivity index (χ0v) is 14.1. The molecule has 0 radical (unpaired) electrons. The first-order valence-corrected chi connectivity index (χ1v) is 8.59. The quantitative estimate of drug-likeness (QED) is 0.693. The van der Waals surface area contributed by atoms with Crippen molar-refractivity contribution in [2.75, 3.05) is 17.2 Å². The Hall–Kier alpha value is -2.08. The van der Waals surface area contributed by atoms with Crippen molar-refractivity contribution in [3.8, 4) is 0 Å². The maximum absolute atomic E-state index is 12.9. The Morgan fingerprint density at radius 2 is 2.13 bits per heavy atom. The molecule has 0 saturated heterocycles. The van der Waals surface area contributed by atoms with E-state index in [1.165, 1.54) is 17.3 Å². The third-order valence-corrected chi connectivity index (χ3v) is 4.81. The number of anilines is 2. The molecule has 2 aromatic rings. The van der Waals surface area contributed by atoms with Crippen LogP contribution in [0.25, 0.3) is 0 Å². The predicted octanol–water partition coefficient (Wildman–Crippen LogP) is 2.83. The number of carbonyl (C=O) groups excluding carboxylic acids is 1. The van der Waals surface area contributed by atoms with E-state index in [1.807, 2.05) is 36.9 Å². The van der Waals surface area contributed by atoms with Gasteiger partial charge in [0.15, 0.2) is 5.16 Å². The lowest BCUT2D eigenvalue weighted by Gasteiger charge is -2.31. The van der Waals surface area contributed by atoms with Crippen LogP contribution in [0.5, 0.6) is 0 Å². The molecule has 1 aliphatic heterocycles. The predicted molar refractivity (Wildman–Crippen MR) is 93.6 cm³/mol. The van der Waals surface area contributed by atoms with Gasteiger partial charge in [-0.1, -0.05) is 30.0 Å². The fourth-order valence-corrected chi connectivity index (χ4v) is 3.71. The summed E-state index contributed by atoms with van der Waals surface area (Å²) < 4.78 is 0. The molecule has 120 valence electrons. The Bertz CT molecular complexity index is 714. The van der Waals surface area contributed by atoms with Gasteiger partial charge < -0.3 is 10.6 Å². The number of nitrogens with zero attached hydrogens (tertiary/aromatic N) is 3. The van der Waals surface area contributed by atoms with Gasteiger partial charge in [0.25, 0.3) is 0 Å². The molecule has 1 amide bonds.